The molecule has 162 valence electrons. The molecule has 0 amide bonds. The molecular formula is C19H25BN2O8. The van der Waals surface area contributed by atoms with Gasteiger partial charge in [-0.2, -0.15) is 0 Å². The zero-order valence-corrected chi connectivity index (χ0v) is 18.0. The number of nitrogens with one attached hydrogen (secondary N) is 1. The molecule has 1 aliphatic heterocycles. The minimum atomic E-state index is -0.885. The number of esters is 2. The van der Waals surface area contributed by atoms with Crippen LogP contribution in [0.3, 0.4) is 0 Å². The average molecular weight is 420 g/mol. The number of methoxy groups -OCH3 is 2. The molecule has 1 aromatic rings. The van der Waals surface area contributed by atoms with Crippen LogP contribution in [0.1, 0.15) is 33.3 Å². The van der Waals surface area contributed by atoms with Gasteiger partial charge >= 0.3 is 19.1 Å². The first-order valence-corrected chi connectivity index (χ1v) is 9.12. The molecule has 2 rings (SSSR count). The molecule has 11 heteroatoms. The van der Waals surface area contributed by atoms with Gasteiger partial charge in [-0.1, -0.05) is 6.07 Å². The number of nitro benzene ring substituents is 1. The summed E-state index contributed by atoms with van der Waals surface area (Å²) in [4.78, 5) is 34.7. The van der Waals surface area contributed by atoms with Crippen molar-refractivity contribution in [2.45, 2.75) is 45.8 Å². The smallest absolute Gasteiger partial charge is 0.466 e. The van der Waals surface area contributed by atoms with Crippen LogP contribution in [0.15, 0.2) is 23.9 Å². The van der Waals surface area contributed by atoms with E-state index in [1.165, 1.54) is 6.07 Å². The maximum atomic E-state index is 12.0. The average Bonchev–Trinajstić information content (AvgIpc) is 2.88. The Morgan fingerprint density at radius 2 is 1.70 bits per heavy atom. The molecule has 10 nitrogen and oxygen atoms in total. The van der Waals surface area contributed by atoms with Crippen molar-refractivity contribution >= 4 is 35.9 Å². The predicted octanol–water partition coefficient (Wildman–Crippen LogP) is 1.84. The fourth-order valence-electron chi connectivity index (χ4n) is 2.79. The minimum Gasteiger partial charge on any atom is -0.466 e. The van der Waals surface area contributed by atoms with E-state index in [4.69, 9.17) is 9.31 Å². The quantitative estimate of drug-likeness (QED) is 0.241. The Morgan fingerprint density at radius 3 is 2.17 bits per heavy atom. The van der Waals surface area contributed by atoms with E-state index in [2.05, 4.69) is 14.8 Å². The summed E-state index contributed by atoms with van der Waals surface area (Å²) in [7, 11) is 1.46. The van der Waals surface area contributed by atoms with E-state index in [0.29, 0.717) is 11.0 Å². The van der Waals surface area contributed by atoms with Crippen LogP contribution >= 0.6 is 0 Å². The Balaban J connectivity index is 2.50. The molecule has 0 bridgehead atoms. The topological polar surface area (TPSA) is 126 Å². The number of hydrogen-bond donors (Lipinski definition) is 1. The molecule has 1 aromatic carbocycles. The number of nitro groups is 1. The fraction of sp³-hybridized carbons (Fsp3) is 0.474. The third-order valence-electron chi connectivity index (χ3n) is 5.19. The van der Waals surface area contributed by atoms with Gasteiger partial charge in [-0.15, -0.1) is 0 Å². The van der Waals surface area contributed by atoms with Crippen LogP contribution < -0.4 is 10.8 Å². The molecule has 1 fully saturated rings. The van der Waals surface area contributed by atoms with Gasteiger partial charge in [0.05, 0.1) is 36.4 Å². The second kappa shape index (κ2) is 8.45. The van der Waals surface area contributed by atoms with Crippen LogP contribution in [-0.4, -0.2) is 49.4 Å². The lowest BCUT2D eigenvalue weighted by Gasteiger charge is -2.32. The number of nitrogens with zero attached hydrogens (tertiary/aromatic N) is 1. The summed E-state index contributed by atoms with van der Waals surface area (Å²) >= 11 is 0. The van der Waals surface area contributed by atoms with E-state index in [0.717, 1.165) is 20.3 Å². The van der Waals surface area contributed by atoms with Crippen LogP contribution in [0.2, 0.25) is 0 Å². The lowest BCUT2D eigenvalue weighted by molar-refractivity contribution is -0.383. The maximum Gasteiger partial charge on any atom is 0.495 e. The van der Waals surface area contributed by atoms with Crippen LogP contribution in [0.5, 0.6) is 0 Å². The zero-order valence-electron chi connectivity index (χ0n) is 18.0. The Hall–Kier alpha value is -2.92. The van der Waals surface area contributed by atoms with Gasteiger partial charge in [0, 0.05) is 6.07 Å². The number of rotatable bonds is 6. The highest BCUT2D eigenvalue weighted by molar-refractivity contribution is 6.62. The van der Waals surface area contributed by atoms with E-state index in [-0.39, 0.29) is 17.1 Å². The molecule has 0 spiro atoms. The van der Waals surface area contributed by atoms with Crippen molar-refractivity contribution < 1.29 is 33.3 Å². The second-order valence-corrected chi connectivity index (χ2v) is 7.78. The summed E-state index contributed by atoms with van der Waals surface area (Å²) < 4.78 is 21.1. The van der Waals surface area contributed by atoms with Crippen molar-refractivity contribution in [3.8, 4) is 0 Å². The van der Waals surface area contributed by atoms with Crippen LogP contribution in [0, 0.1) is 17.0 Å². The largest absolute Gasteiger partial charge is 0.495 e. The van der Waals surface area contributed by atoms with Crippen LogP contribution in [0.25, 0.3) is 0 Å². The molecule has 30 heavy (non-hydrogen) atoms. The Bertz CT molecular complexity index is 894. The normalized spacial score (nSPS) is 17.4. The van der Waals surface area contributed by atoms with Crippen molar-refractivity contribution in [2.75, 3.05) is 19.5 Å². The highest BCUT2D eigenvalue weighted by Gasteiger charge is 2.52. The summed E-state index contributed by atoms with van der Waals surface area (Å²) in [6.07, 6.45) is 0.858. The van der Waals surface area contributed by atoms with E-state index < -0.39 is 35.2 Å². The zero-order chi connectivity index (χ0) is 22.9. The molecule has 1 aliphatic rings. The SMILES string of the molecule is COC(=O)/C=C(/Nc1c(C)cc(B2OC(C)(C)C(C)(C)O2)cc1[N+](=O)[O-])C(=O)OC. The van der Waals surface area contributed by atoms with Gasteiger partial charge in [0.2, 0.25) is 0 Å². The molecule has 0 saturated carbocycles. The van der Waals surface area contributed by atoms with Crippen molar-refractivity contribution in [1.29, 1.82) is 0 Å². The number of aryl methyl sites for hydroxylation is 1. The summed E-state index contributed by atoms with van der Waals surface area (Å²) in [6, 6.07) is 2.97. The Kier molecular flexibility index (Phi) is 6.58. The van der Waals surface area contributed by atoms with Crippen molar-refractivity contribution in [2.24, 2.45) is 0 Å². The molecule has 0 aliphatic carbocycles. The summed E-state index contributed by atoms with van der Waals surface area (Å²) in [5.74, 6) is -1.71. The molecule has 1 N–H and O–H groups in total. The molecule has 1 saturated heterocycles. The second-order valence-electron chi connectivity index (χ2n) is 7.78. The van der Waals surface area contributed by atoms with Crippen LogP contribution in [0.4, 0.5) is 11.4 Å². The van der Waals surface area contributed by atoms with Gasteiger partial charge in [-0.25, -0.2) is 9.59 Å². The number of carbonyl (C=O) groups is 2. The Morgan fingerprint density at radius 1 is 1.13 bits per heavy atom. The third kappa shape index (κ3) is 4.63. The molecule has 0 atom stereocenters. The van der Waals surface area contributed by atoms with E-state index in [1.54, 1.807) is 13.0 Å². The highest BCUT2D eigenvalue weighted by Crippen LogP contribution is 2.37. The van der Waals surface area contributed by atoms with Crippen molar-refractivity contribution in [1.82, 2.24) is 0 Å². The lowest BCUT2D eigenvalue weighted by Crippen LogP contribution is -2.41. The third-order valence-corrected chi connectivity index (χ3v) is 5.19. The maximum absolute atomic E-state index is 12.0. The van der Waals surface area contributed by atoms with Gasteiger partial charge in [0.25, 0.3) is 5.69 Å². The monoisotopic (exact) mass is 420 g/mol. The predicted molar refractivity (Wildman–Crippen MR) is 109 cm³/mol. The van der Waals surface area contributed by atoms with Gasteiger partial charge in [0.15, 0.2) is 0 Å². The Labute approximate surface area is 174 Å². The number of anilines is 1. The summed E-state index contributed by atoms with van der Waals surface area (Å²) in [5, 5.41) is 14.4. The fourth-order valence-corrected chi connectivity index (χ4v) is 2.79. The standard InChI is InChI=1S/C19H25BN2O8/c1-11-8-12(20-29-18(2,3)19(4,5)30-20)9-14(22(25)26)16(11)21-13(17(24)28-7)10-15(23)27-6/h8-10,21H,1-7H3/b13-10+. The number of benzene rings is 1. The minimum absolute atomic E-state index is 0.0285. The van der Waals surface area contributed by atoms with Crippen molar-refractivity contribution in [3.63, 3.8) is 0 Å². The van der Waals surface area contributed by atoms with Crippen LogP contribution in [-0.2, 0) is 28.4 Å². The lowest BCUT2D eigenvalue weighted by atomic mass is 9.78. The van der Waals surface area contributed by atoms with E-state index in [9.17, 15) is 19.7 Å². The van der Waals surface area contributed by atoms with Gasteiger partial charge in [0.1, 0.15) is 11.4 Å². The van der Waals surface area contributed by atoms with Crippen molar-refractivity contribution in [3.05, 3.63) is 39.6 Å². The van der Waals surface area contributed by atoms with Gasteiger partial charge < -0.3 is 24.1 Å². The molecule has 0 radical (unpaired) electrons. The summed E-state index contributed by atoms with van der Waals surface area (Å²) in [5.41, 5.74) is -0.926. The molecule has 0 unspecified atom stereocenters. The molecular weight excluding hydrogens is 395 g/mol. The van der Waals surface area contributed by atoms with Gasteiger partial charge in [-0.05, 0) is 45.6 Å². The first kappa shape index (κ1) is 23.4. The van der Waals surface area contributed by atoms with Gasteiger partial charge in [-0.3, -0.25) is 10.1 Å². The first-order valence-electron chi connectivity index (χ1n) is 9.12. The highest BCUT2D eigenvalue weighted by atomic mass is 16.7. The number of ether oxygens (including phenoxy) is 2. The number of carbonyl (C=O) groups excluding carboxylic acids is 2. The first-order chi connectivity index (χ1) is 13.8. The number of hydrogen-bond acceptors (Lipinski definition) is 9. The van der Waals surface area contributed by atoms with E-state index in [1.807, 2.05) is 27.7 Å². The molecule has 1 heterocycles. The van der Waals surface area contributed by atoms with E-state index >= 15 is 0 Å². The molecule has 0 aromatic heterocycles. The summed E-state index contributed by atoms with van der Waals surface area (Å²) in [6.45, 7) is 9.14.